The van der Waals surface area contributed by atoms with Gasteiger partial charge in [-0.15, -0.1) is 0 Å². The van der Waals surface area contributed by atoms with Crippen LogP contribution < -0.4 is 0 Å². The fourth-order valence-corrected chi connectivity index (χ4v) is 5.69. The summed E-state index contributed by atoms with van der Waals surface area (Å²) < 4.78 is 22.0. The van der Waals surface area contributed by atoms with Crippen LogP contribution in [0.3, 0.4) is 0 Å². The van der Waals surface area contributed by atoms with Crippen LogP contribution in [0.5, 0.6) is 0 Å². The number of unbranched alkanes of at least 4 members (excludes halogenated alkanes) is 16. The maximum absolute atomic E-state index is 12.6. The topological polar surface area (TPSA) is 152 Å². The Morgan fingerprint density at radius 2 is 1.14 bits per heavy atom. The van der Waals surface area contributed by atoms with Gasteiger partial charge in [-0.25, -0.2) is 0 Å². The van der Waals surface area contributed by atoms with Gasteiger partial charge in [0.2, 0.25) is 0 Å². The molecule has 1 rings (SSSR count). The number of rotatable bonds is 31. The lowest BCUT2D eigenvalue weighted by Crippen LogP contribution is -2.59. The minimum absolute atomic E-state index is 0.222. The highest BCUT2D eigenvalue weighted by molar-refractivity contribution is 5.70. The summed E-state index contributed by atoms with van der Waals surface area (Å²) >= 11 is 0. The predicted octanol–water partition coefficient (Wildman–Crippen LogP) is 6.99. The maximum Gasteiger partial charge on any atom is 0.306 e. The lowest BCUT2D eigenvalue weighted by molar-refractivity contribution is -0.305. The zero-order chi connectivity index (χ0) is 36.0. The van der Waals surface area contributed by atoms with Crippen molar-refractivity contribution in [3.63, 3.8) is 0 Å². The number of hydrogen-bond acceptors (Lipinski definition) is 10. The van der Waals surface area contributed by atoms with Gasteiger partial charge in [0.15, 0.2) is 12.4 Å². The zero-order valence-electron chi connectivity index (χ0n) is 30.7. The molecule has 0 amide bonds. The van der Waals surface area contributed by atoms with Gasteiger partial charge >= 0.3 is 11.9 Å². The van der Waals surface area contributed by atoms with Gasteiger partial charge in [0.25, 0.3) is 0 Å². The Morgan fingerprint density at radius 1 is 0.633 bits per heavy atom. The minimum Gasteiger partial charge on any atom is -0.462 e. The van der Waals surface area contributed by atoms with Gasteiger partial charge in [-0.05, 0) is 44.9 Å². The Labute approximate surface area is 296 Å². The van der Waals surface area contributed by atoms with E-state index in [0.29, 0.717) is 12.8 Å². The number of esters is 2. The average molecular weight is 699 g/mol. The molecule has 1 aliphatic rings. The molecule has 10 heteroatoms. The fraction of sp³-hybridized carbons (Fsp3) is 0.846. The number of hydrogen-bond donors (Lipinski definition) is 4. The van der Waals surface area contributed by atoms with Gasteiger partial charge in [-0.1, -0.05) is 122 Å². The Morgan fingerprint density at radius 3 is 1.73 bits per heavy atom. The average Bonchev–Trinajstić information content (AvgIpc) is 3.10. The van der Waals surface area contributed by atoms with E-state index < -0.39 is 55.4 Å². The number of aliphatic hydroxyl groups excluding tert-OH is 4. The van der Waals surface area contributed by atoms with E-state index in [1.807, 2.05) is 0 Å². The molecule has 0 saturated carbocycles. The molecule has 286 valence electrons. The van der Waals surface area contributed by atoms with Crippen LogP contribution in [0, 0.1) is 0 Å². The van der Waals surface area contributed by atoms with Crippen molar-refractivity contribution in [1.82, 2.24) is 0 Å². The van der Waals surface area contributed by atoms with E-state index in [0.717, 1.165) is 57.8 Å². The molecule has 0 aromatic rings. The van der Waals surface area contributed by atoms with E-state index >= 15 is 0 Å². The maximum atomic E-state index is 12.6. The van der Waals surface area contributed by atoms with Crippen LogP contribution in [0.25, 0.3) is 0 Å². The first kappa shape index (κ1) is 45.2. The molecule has 0 aromatic carbocycles. The summed E-state index contributed by atoms with van der Waals surface area (Å²) in [4.78, 5) is 25.1. The first-order chi connectivity index (χ1) is 23.8. The molecule has 10 nitrogen and oxygen atoms in total. The Hall–Kier alpha value is -1.82. The van der Waals surface area contributed by atoms with Crippen LogP contribution in [0.1, 0.15) is 155 Å². The largest absolute Gasteiger partial charge is 0.462 e. The second-order valence-corrected chi connectivity index (χ2v) is 13.4. The lowest BCUT2D eigenvalue weighted by atomic mass is 9.99. The number of aliphatic hydroxyl groups is 4. The summed E-state index contributed by atoms with van der Waals surface area (Å²) in [5.74, 6) is -0.825. The molecule has 1 heterocycles. The molecular formula is C39H70O10. The van der Waals surface area contributed by atoms with Crippen LogP contribution in [0.4, 0.5) is 0 Å². The number of allylic oxidation sites excluding steroid dienone is 4. The molecule has 0 aliphatic carbocycles. The zero-order valence-corrected chi connectivity index (χ0v) is 30.7. The molecule has 0 spiro atoms. The third kappa shape index (κ3) is 23.3. The molecule has 1 saturated heterocycles. The van der Waals surface area contributed by atoms with Crippen molar-refractivity contribution in [2.24, 2.45) is 0 Å². The molecule has 4 N–H and O–H groups in total. The summed E-state index contributed by atoms with van der Waals surface area (Å²) in [5, 5.41) is 39.8. The van der Waals surface area contributed by atoms with Crippen LogP contribution in [-0.4, -0.2) is 89.0 Å². The van der Waals surface area contributed by atoms with Gasteiger partial charge in [0.1, 0.15) is 31.0 Å². The third-order valence-corrected chi connectivity index (χ3v) is 8.84. The lowest BCUT2D eigenvalue weighted by Gasteiger charge is -2.39. The monoisotopic (exact) mass is 698 g/mol. The van der Waals surface area contributed by atoms with Gasteiger partial charge < -0.3 is 39.4 Å². The van der Waals surface area contributed by atoms with Crippen molar-refractivity contribution >= 4 is 11.9 Å². The summed E-state index contributed by atoms with van der Waals surface area (Å²) in [5.41, 5.74) is 0. The molecule has 6 atom stereocenters. The van der Waals surface area contributed by atoms with Gasteiger partial charge in [0.05, 0.1) is 13.2 Å². The van der Waals surface area contributed by atoms with Crippen molar-refractivity contribution in [3.05, 3.63) is 24.3 Å². The van der Waals surface area contributed by atoms with Gasteiger partial charge in [0, 0.05) is 12.8 Å². The normalized spacial score (nSPS) is 21.8. The summed E-state index contributed by atoms with van der Waals surface area (Å²) in [6.07, 6.45) is 23.4. The molecule has 1 fully saturated rings. The van der Waals surface area contributed by atoms with Crippen LogP contribution in [0.15, 0.2) is 24.3 Å². The Balaban J connectivity index is 2.39. The molecule has 0 bridgehead atoms. The third-order valence-electron chi connectivity index (χ3n) is 8.84. The standard InChI is InChI=1S/C39H70O10/c1-3-5-7-9-11-13-14-15-16-17-18-20-21-23-25-27-34(41)46-30-32(31-47-39-38(45)37(44)36(43)33(29-40)49-39)48-35(42)28-26-24-22-19-12-10-8-6-4-2/h11,13,15-16,32-33,36-40,43-45H,3-10,12,14,17-31H2,1-2H3/b13-11+,16-15+/t32-,33-,36+,37?,38?,39-/m0/s1. The Bertz CT molecular complexity index is 861. The van der Waals surface area contributed by atoms with Crippen molar-refractivity contribution in [2.45, 2.75) is 192 Å². The van der Waals surface area contributed by atoms with Crippen LogP contribution in [-0.2, 0) is 28.5 Å². The van der Waals surface area contributed by atoms with E-state index in [2.05, 4.69) is 38.2 Å². The quantitative estimate of drug-likeness (QED) is 0.0339. The van der Waals surface area contributed by atoms with Crippen LogP contribution >= 0.6 is 0 Å². The smallest absolute Gasteiger partial charge is 0.306 e. The molecule has 0 aromatic heterocycles. The number of carbonyl (C=O) groups is 2. The highest BCUT2D eigenvalue weighted by Crippen LogP contribution is 2.22. The van der Waals surface area contributed by atoms with Gasteiger partial charge in [-0.3, -0.25) is 9.59 Å². The Kier molecular flexibility index (Phi) is 28.6. The van der Waals surface area contributed by atoms with Gasteiger partial charge in [-0.2, -0.15) is 0 Å². The highest BCUT2D eigenvalue weighted by atomic mass is 16.7. The molecule has 49 heavy (non-hydrogen) atoms. The second kappa shape index (κ2) is 31.0. The number of ether oxygens (including phenoxy) is 4. The highest BCUT2D eigenvalue weighted by Gasteiger charge is 2.44. The van der Waals surface area contributed by atoms with Crippen molar-refractivity contribution < 1.29 is 49.0 Å². The molecule has 2 unspecified atom stereocenters. The van der Waals surface area contributed by atoms with Crippen molar-refractivity contribution in [2.75, 3.05) is 19.8 Å². The first-order valence-electron chi connectivity index (χ1n) is 19.4. The molecule has 1 aliphatic heterocycles. The molecule has 0 radical (unpaired) electrons. The predicted molar refractivity (Wildman–Crippen MR) is 192 cm³/mol. The minimum atomic E-state index is -1.59. The fourth-order valence-electron chi connectivity index (χ4n) is 5.69. The second-order valence-electron chi connectivity index (χ2n) is 13.4. The summed E-state index contributed by atoms with van der Waals surface area (Å²) in [6, 6.07) is 0. The summed E-state index contributed by atoms with van der Waals surface area (Å²) in [7, 11) is 0. The van der Waals surface area contributed by atoms with Crippen LogP contribution in [0.2, 0.25) is 0 Å². The SMILES string of the molecule is CCCCC/C=C/C/C=C/CCCCCCCC(=O)OC[C@@H](CO[C@H]1O[C@@H](CO)[C@@H](O)C(O)C1O)OC(=O)CCCCCCCCCCC. The van der Waals surface area contributed by atoms with E-state index in [1.54, 1.807) is 0 Å². The first-order valence-corrected chi connectivity index (χ1v) is 19.4. The van der Waals surface area contributed by atoms with E-state index in [-0.39, 0.29) is 26.1 Å². The van der Waals surface area contributed by atoms with E-state index in [9.17, 15) is 30.0 Å². The summed E-state index contributed by atoms with van der Waals surface area (Å²) in [6.45, 7) is 3.34. The van der Waals surface area contributed by atoms with E-state index in [4.69, 9.17) is 18.9 Å². The van der Waals surface area contributed by atoms with E-state index in [1.165, 1.54) is 57.8 Å². The van der Waals surface area contributed by atoms with Crippen molar-refractivity contribution in [1.29, 1.82) is 0 Å². The van der Waals surface area contributed by atoms with Crippen molar-refractivity contribution in [3.8, 4) is 0 Å². The number of carbonyl (C=O) groups excluding carboxylic acids is 2. The molecular weight excluding hydrogens is 628 g/mol.